The second-order valence-electron chi connectivity index (χ2n) is 5.02. The van der Waals surface area contributed by atoms with Crippen LogP contribution >= 0.6 is 11.3 Å². The van der Waals surface area contributed by atoms with E-state index >= 15 is 0 Å². The van der Waals surface area contributed by atoms with Gasteiger partial charge in [0.05, 0.1) is 4.92 Å². The lowest BCUT2D eigenvalue weighted by Crippen LogP contribution is -2.30. The highest BCUT2D eigenvalue weighted by molar-refractivity contribution is 7.13. The van der Waals surface area contributed by atoms with Crippen LogP contribution in [-0.4, -0.2) is 34.4 Å². The van der Waals surface area contributed by atoms with E-state index < -0.39 is 22.9 Å². The zero-order chi connectivity index (χ0) is 19.1. The number of nitrogens with zero attached hydrogens (tertiary/aromatic N) is 2. The van der Waals surface area contributed by atoms with Gasteiger partial charge in [0, 0.05) is 18.0 Å². The van der Waals surface area contributed by atoms with E-state index in [-0.39, 0.29) is 17.1 Å². The van der Waals surface area contributed by atoms with Crippen LogP contribution in [-0.2, 0) is 9.53 Å². The van der Waals surface area contributed by atoms with Crippen molar-refractivity contribution in [3.05, 3.63) is 58.1 Å². The Morgan fingerprint density at radius 1 is 1.46 bits per heavy atom. The van der Waals surface area contributed by atoms with Crippen LogP contribution < -0.4 is 10.6 Å². The van der Waals surface area contributed by atoms with Gasteiger partial charge in [0.25, 0.3) is 11.6 Å². The summed E-state index contributed by atoms with van der Waals surface area (Å²) in [5.41, 5.74) is -0.168. The van der Waals surface area contributed by atoms with E-state index in [1.54, 1.807) is 12.1 Å². The largest absolute Gasteiger partial charge is 0.448 e. The molecule has 0 saturated carbocycles. The van der Waals surface area contributed by atoms with Gasteiger partial charge in [0.2, 0.25) is 0 Å². The molecule has 0 saturated heterocycles. The van der Waals surface area contributed by atoms with Gasteiger partial charge >= 0.3 is 5.97 Å². The first kappa shape index (κ1) is 19.1. The number of carbonyl (C=O) groups is 2. The average Bonchev–Trinajstić information content (AvgIpc) is 3.09. The van der Waals surface area contributed by atoms with E-state index in [0.717, 1.165) is 0 Å². The molecule has 0 aliphatic carbocycles. The van der Waals surface area contributed by atoms with E-state index in [0.29, 0.717) is 11.7 Å². The van der Waals surface area contributed by atoms with Crippen molar-refractivity contribution in [2.24, 2.45) is 0 Å². The maximum atomic E-state index is 12.1. The molecule has 2 aromatic rings. The Labute approximate surface area is 152 Å². The van der Waals surface area contributed by atoms with Gasteiger partial charge in [0.15, 0.2) is 16.9 Å². The third kappa shape index (κ3) is 4.86. The molecule has 0 fully saturated rings. The van der Waals surface area contributed by atoms with Gasteiger partial charge in [-0.25, -0.2) is 9.78 Å². The van der Waals surface area contributed by atoms with Crippen LogP contribution in [0.25, 0.3) is 0 Å². The fourth-order valence-electron chi connectivity index (χ4n) is 1.86. The predicted molar refractivity (Wildman–Crippen MR) is 97.4 cm³/mol. The molecule has 136 valence electrons. The SMILES string of the molecule is C=CCNc1nc(C(=O)O[C@H](C)C(=O)Nc2ccccc2[N+](=O)[O-])cs1. The smallest absolute Gasteiger partial charge is 0.358 e. The summed E-state index contributed by atoms with van der Waals surface area (Å²) in [6.45, 7) is 5.43. The summed E-state index contributed by atoms with van der Waals surface area (Å²) in [6, 6.07) is 5.69. The number of hydrogen-bond acceptors (Lipinski definition) is 8. The molecule has 0 bridgehead atoms. The van der Waals surface area contributed by atoms with Gasteiger partial charge in [-0.3, -0.25) is 14.9 Å². The van der Waals surface area contributed by atoms with Crippen LogP contribution in [0.3, 0.4) is 0 Å². The van der Waals surface area contributed by atoms with Gasteiger partial charge < -0.3 is 15.4 Å². The maximum Gasteiger partial charge on any atom is 0.358 e. The van der Waals surface area contributed by atoms with Crippen molar-refractivity contribution in [2.45, 2.75) is 13.0 Å². The quantitative estimate of drug-likeness (QED) is 0.314. The van der Waals surface area contributed by atoms with Gasteiger partial charge in [-0.05, 0) is 13.0 Å². The summed E-state index contributed by atoms with van der Waals surface area (Å²) < 4.78 is 5.06. The molecule has 10 heteroatoms. The van der Waals surface area contributed by atoms with Crippen LogP contribution in [0, 0.1) is 10.1 Å². The molecule has 0 spiro atoms. The van der Waals surface area contributed by atoms with Crippen LogP contribution in [0.15, 0.2) is 42.3 Å². The van der Waals surface area contributed by atoms with Crippen molar-refractivity contribution in [1.29, 1.82) is 0 Å². The maximum absolute atomic E-state index is 12.1. The number of thiazole rings is 1. The number of para-hydroxylation sites is 2. The van der Waals surface area contributed by atoms with E-state index in [1.807, 2.05) is 0 Å². The highest BCUT2D eigenvalue weighted by Gasteiger charge is 2.23. The van der Waals surface area contributed by atoms with Crippen LogP contribution in [0.1, 0.15) is 17.4 Å². The van der Waals surface area contributed by atoms with Crippen molar-refractivity contribution in [3.8, 4) is 0 Å². The lowest BCUT2D eigenvalue weighted by Gasteiger charge is -2.12. The molecule has 0 radical (unpaired) electrons. The number of benzene rings is 1. The van der Waals surface area contributed by atoms with Crippen LogP contribution in [0.4, 0.5) is 16.5 Å². The average molecular weight is 376 g/mol. The van der Waals surface area contributed by atoms with Crippen molar-refractivity contribution in [1.82, 2.24) is 4.98 Å². The third-order valence-electron chi connectivity index (χ3n) is 3.12. The summed E-state index contributed by atoms with van der Waals surface area (Å²) in [6.07, 6.45) is 0.489. The molecular weight excluding hydrogens is 360 g/mol. The molecule has 9 nitrogen and oxygen atoms in total. The number of nitro groups is 1. The van der Waals surface area contributed by atoms with E-state index in [1.165, 1.54) is 41.8 Å². The molecule has 2 N–H and O–H groups in total. The normalized spacial score (nSPS) is 11.3. The van der Waals surface area contributed by atoms with Crippen molar-refractivity contribution < 1.29 is 19.2 Å². The lowest BCUT2D eigenvalue weighted by atomic mass is 10.2. The number of aromatic nitrogens is 1. The number of esters is 1. The van der Waals surface area contributed by atoms with Crippen molar-refractivity contribution >= 4 is 39.7 Å². The molecular formula is C16H16N4O5S. The first-order valence-corrected chi connectivity index (χ1v) is 8.36. The Balaban J connectivity index is 1.98. The van der Waals surface area contributed by atoms with Gasteiger partial charge in [0.1, 0.15) is 5.69 Å². The Hall–Kier alpha value is -3.27. The number of ether oxygens (including phenoxy) is 1. The molecule has 26 heavy (non-hydrogen) atoms. The predicted octanol–water partition coefficient (Wildman–Crippen LogP) is 2.83. The number of nitro benzene ring substituents is 1. The van der Waals surface area contributed by atoms with E-state index in [4.69, 9.17) is 4.74 Å². The standard InChI is InChI=1S/C16H16N4O5S/c1-3-8-17-16-19-12(9-26-16)15(22)25-10(2)14(21)18-11-6-4-5-7-13(11)20(23)24/h3-7,9-10H,1,8H2,2H3,(H,17,19)(H,18,21)/t10-/m1/s1. The topological polar surface area (TPSA) is 123 Å². The molecule has 1 aromatic carbocycles. The zero-order valence-corrected chi connectivity index (χ0v) is 14.6. The monoisotopic (exact) mass is 376 g/mol. The van der Waals surface area contributed by atoms with Crippen LogP contribution in [0.5, 0.6) is 0 Å². The lowest BCUT2D eigenvalue weighted by molar-refractivity contribution is -0.383. The minimum Gasteiger partial charge on any atom is -0.448 e. The number of hydrogen-bond donors (Lipinski definition) is 2. The Morgan fingerprint density at radius 3 is 2.88 bits per heavy atom. The summed E-state index contributed by atoms with van der Waals surface area (Å²) >= 11 is 1.21. The molecule has 0 aliphatic rings. The second kappa shape index (κ2) is 8.72. The fourth-order valence-corrected chi connectivity index (χ4v) is 2.55. The minimum absolute atomic E-state index is 0.0231. The molecule has 1 amide bonds. The summed E-state index contributed by atoms with van der Waals surface area (Å²) in [4.78, 5) is 38.6. The third-order valence-corrected chi connectivity index (χ3v) is 3.92. The number of carbonyl (C=O) groups excluding carboxylic acids is 2. The van der Waals surface area contributed by atoms with Gasteiger partial charge in [-0.15, -0.1) is 17.9 Å². The molecule has 0 unspecified atom stereocenters. The second-order valence-corrected chi connectivity index (χ2v) is 5.88. The Morgan fingerprint density at radius 2 is 2.19 bits per heavy atom. The minimum atomic E-state index is -1.16. The number of rotatable bonds is 8. The number of amides is 1. The molecule has 1 atom stereocenters. The van der Waals surface area contributed by atoms with Crippen molar-refractivity contribution in [2.75, 3.05) is 17.2 Å². The van der Waals surface area contributed by atoms with Gasteiger partial charge in [-0.1, -0.05) is 18.2 Å². The Kier molecular flexibility index (Phi) is 6.39. The fraction of sp³-hybridized carbons (Fsp3) is 0.188. The summed E-state index contributed by atoms with van der Waals surface area (Å²) in [5.74, 6) is -1.45. The molecule has 1 heterocycles. The number of nitrogens with one attached hydrogen (secondary N) is 2. The molecule has 0 aliphatic heterocycles. The molecule has 2 rings (SSSR count). The van der Waals surface area contributed by atoms with E-state index in [9.17, 15) is 19.7 Å². The zero-order valence-electron chi connectivity index (χ0n) is 13.8. The Bertz CT molecular complexity index is 836. The first-order chi connectivity index (χ1) is 12.4. The number of anilines is 2. The molecule has 1 aromatic heterocycles. The highest BCUT2D eigenvalue weighted by atomic mass is 32.1. The van der Waals surface area contributed by atoms with Gasteiger partial charge in [-0.2, -0.15) is 0 Å². The van der Waals surface area contributed by atoms with E-state index in [2.05, 4.69) is 22.2 Å². The summed E-state index contributed by atoms with van der Waals surface area (Å²) in [7, 11) is 0. The highest BCUT2D eigenvalue weighted by Crippen LogP contribution is 2.23. The first-order valence-electron chi connectivity index (χ1n) is 7.48. The van der Waals surface area contributed by atoms with Crippen molar-refractivity contribution in [3.63, 3.8) is 0 Å². The summed E-state index contributed by atoms with van der Waals surface area (Å²) in [5, 5.41) is 18.3. The van der Waals surface area contributed by atoms with Crippen LogP contribution in [0.2, 0.25) is 0 Å².